The van der Waals surface area contributed by atoms with Gasteiger partial charge in [-0.3, -0.25) is 0 Å². The molecule has 0 fully saturated rings. The first-order valence-corrected chi connectivity index (χ1v) is 11.1. The number of aromatic nitrogens is 2. The quantitative estimate of drug-likeness (QED) is 0.282. The first-order chi connectivity index (χ1) is 15.6. The van der Waals surface area contributed by atoms with Gasteiger partial charge < -0.3 is 10.1 Å². The van der Waals surface area contributed by atoms with E-state index in [1.54, 1.807) is 12.3 Å². The second kappa shape index (κ2) is 10.8. The van der Waals surface area contributed by atoms with E-state index in [1.807, 2.05) is 60.7 Å². The molecule has 1 aromatic heterocycles. The predicted molar refractivity (Wildman–Crippen MR) is 131 cm³/mol. The minimum atomic E-state index is 0.331. The molecule has 0 bridgehead atoms. The molecule has 0 atom stereocenters. The maximum Gasteiger partial charge on any atom is 0.115 e. The third-order valence-corrected chi connectivity index (χ3v) is 6.04. The van der Waals surface area contributed by atoms with Crippen LogP contribution in [0, 0.1) is 0 Å². The van der Waals surface area contributed by atoms with Gasteiger partial charge >= 0.3 is 0 Å². The standard InChI is InChI=1S/C25H20Cl3N3O/c26-20-8-4-17(5-9-20)12-30-21-10-6-18(7-11-21)22-13-29-16-31-24(22)15-32-14-19-2-1-3-23(27)25(19)28/h1-11,13,16,30H,12,14-15H2. The van der Waals surface area contributed by atoms with Crippen molar-refractivity contribution in [3.05, 3.63) is 111 Å². The van der Waals surface area contributed by atoms with Crippen LogP contribution in [0.4, 0.5) is 5.69 Å². The molecule has 1 heterocycles. The van der Waals surface area contributed by atoms with Gasteiger partial charge in [-0.1, -0.05) is 71.2 Å². The van der Waals surface area contributed by atoms with Gasteiger partial charge in [-0.15, -0.1) is 0 Å². The highest BCUT2D eigenvalue weighted by Gasteiger charge is 2.09. The summed E-state index contributed by atoms with van der Waals surface area (Å²) in [5.74, 6) is 0. The molecule has 0 aliphatic rings. The molecule has 4 nitrogen and oxygen atoms in total. The molecular formula is C25H20Cl3N3O. The number of benzene rings is 3. The lowest BCUT2D eigenvalue weighted by Crippen LogP contribution is -2.01. The van der Waals surface area contributed by atoms with E-state index in [4.69, 9.17) is 39.5 Å². The molecule has 0 aliphatic carbocycles. The first kappa shape index (κ1) is 22.6. The monoisotopic (exact) mass is 483 g/mol. The predicted octanol–water partition coefficient (Wildman–Crippen LogP) is 7.43. The van der Waals surface area contributed by atoms with Gasteiger partial charge in [-0.2, -0.15) is 0 Å². The molecule has 32 heavy (non-hydrogen) atoms. The Balaban J connectivity index is 1.40. The zero-order valence-corrected chi connectivity index (χ0v) is 19.3. The molecule has 3 aromatic carbocycles. The maximum atomic E-state index is 6.24. The van der Waals surface area contributed by atoms with Crippen molar-refractivity contribution in [2.24, 2.45) is 0 Å². The average Bonchev–Trinajstić information content (AvgIpc) is 2.82. The van der Waals surface area contributed by atoms with Crippen molar-refractivity contribution in [3.63, 3.8) is 0 Å². The van der Waals surface area contributed by atoms with Crippen molar-refractivity contribution < 1.29 is 4.74 Å². The second-order valence-corrected chi connectivity index (χ2v) is 8.37. The van der Waals surface area contributed by atoms with Crippen LogP contribution in [-0.4, -0.2) is 9.97 Å². The zero-order chi connectivity index (χ0) is 22.3. The summed E-state index contributed by atoms with van der Waals surface area (Å²) in [5.41, 5.74) is 5.77. The molecule has 4 rings (SSSR count). The van der Waals surface area contributed by atoms with Crippen molar-refractivity contribution in [2.45, 2.75) is 19.8 Å². The Morgan fingerprint density at radius 1 is 0.844 bits per heavy atom. The van der Waals surface area contributed by atoms with E-state index in [9.17, 15) is 0 Å². The van der Waals surface area contributed by atoms with E-state index in [0.29, 0.717) is 23.3 Å². The largest absolute Gasteiger partial charge is 0.381 e. The Morgan fingerprint density at radius 2 is 1.62 bits per heavy atom. The van der Waals surface area contributed by atoms with Crippen molar-refractivity contribution >= 4 is 40.5 Å². The fourth-order valence-electron chi connectivity index (χ4n) is 3.20. The van der Waals surface area contributed by atoms with Crippen LogP contribution in [0.2, 0.25) is 15.1 Å². The molecule has 162 valence electrons. The van der Waals surface area contributed by atoms with Gasteiger partial charge in [-0.25, -0.2) is 9.97 Å². The lowest BCUT2D eigenvalue weighted by Gasteiger charge is -2.11. The molecule has 0 amide bonds. The van der Waals surface area contributed by atoms with Gasteiger partial charge in [0, 0.05) is 29.0 Å². The summed E-state index contributed by atoms with van der Waals surface area (Å²) in [6, 6.07) is 21.5. The molecule has 0 aliphatic heterocycles. The lowest BCUT2D eigenvalue weighted by atomic mass is 10.1. The highest BCUT2D eigenvalue weighted by Crippen LogP contribution is 2.27. The van der Waals surface area contributed by atoms with Crippen LogP contribution < -0.4 is 5.32 Å². The Kier molecular flexibility index (Phi) is 7.61. The van der Waals surface area contributed by atoms with Gasteiger partial charge in [0.05, 0.1) is 29.0 Å². The molecule has 0 spiro atoms. The summed E-state index contributed by atoms with van der Waals surface area (Å²) in [4.78, 5) is 8.60. The highest BCUT2D eigenvalue weighted by molar-refractivity contribution is 6.42. The lowest BCUT2D eigenvalue weighted by molar-refractivity contribution is 0.105. The van der Waals surface area contributed by atoms with Crippen molar-refractivity contribution in [3.8, 4) is 11.1 Å². The Morgan fingerprint density at radius 3 is 2.41 bits per heavy atom. The normalized spacial score (nSPS) is 10.8. The SMILES string of the molecule is Clc1ccc(CNc2ccc(-c3cncnc3COCc3cccc(Cl)c3Cl)cc2)cc1. The summed E-state index contributed by atoms with van der Waals surface area (Å²) < 4.78 is 5.87. The number of halogens is 3. The van der Waals surface area contributed by atoms with E-state index in [-0.39, 0.29) is 0 Å². The second-order valence-electron chi connectivity index (χ2n) is 7.15. The van der Waals surface area contributed by atoms with Crippen LogP contribution in [0.3, 0.4) is 0 Å². The van der Waals surface area contributed by atoms with Crippen LogP contribution >= 0.6 is 34.8 Å². The van der Waals surface area contributed by atoms with E-state index in [0.717, 1.165) is 45.2 Å². The van der Waals surface area contributed by atoms with Gasteiger partial charge in [0.25, 0.3) is 0 Å². The molecular weight excluding hydrogens is 465 g/mol. The average molecular weight is 485 g/mol. The Hall–Kier alpha value is -2.63. The Bertz CT molecular complexity index is 1180. The number of rotatable bonds is 8. The van der Waals surface area contributed by atoms with Crippen molar-refractivity contribution in [1.82, 2.24) is 9.97 Å². The summed E-state index contributed by atoms with van der Waals surface area (Å²) in [6.07, 6.45) is 3.32. The molecule has 0 radical (unpaired) electrons. The summed E-state index contributed by atoms with van der Waals surface area (Å²) in [5, 5.41) is 5.18. The number of hydrogen-bond acceptors (Lipinski definition) is 4. The molecule has 0 saturated heterocycles. The number of nitrogens with one attached hydrogen (secondary N) is 1. The van der Waals surface area contributed by atoms with E-state index in [1.165, 1.54) is 6.33 Å². The summed E-state index contributed by atoms with van der Waals surface area (Å²) in [6.45, 7) is 1.39. The van der Waals surface area contributed by atoms with E-state index < -0.39 is 0 Å². The van der Waals surface area contributed by atoms with Gasteiger partial charge in [0.2, 0.25) is 0 Å². The fraction of sp³-hybridized carbons (Fsp3) is 0.120. The topological polar surface area (TPSA) is 47.0 Å². The molecule has 1 N–H and O–H groups in total. The van der Waals surface area contributed by atoms with Crippen LogP contribution in [0.25, 0.3) is 11.1 Å². The third-order valence-electron chi connectivity index (χ3n) is 4.93. The number of nitrogens with zero attached hydrogens (tertiary/aromatic N) is 2. The maximum absolute atomic E-state index is 6.24. The zero-order valence-electron chi connectivity index (χ0n) is 17.1. The summed E-state index contributed by atoms with van der Waals surface area (Å²) in [7, 11) is 0. The first-order valence-electron chi connectivity index (χ1n) is 9.98. The number of ether oxygens (including phenoxy) is 1. The van der Waals surface area contributed by atoms with Crippen molar-refractivity contribution in [2.75, 3.05) is 5.32 Å². The number of hydrogen-bond donors (Lipinski definition) is 1. The Labute approximate surface area is 202 Å². The highest BCUT2D eigenvalue weighted by atomic mass is 35.5. The van der Waals surface area contributed by atoms with Crippen LogP contribution in [0.1, 0.15) is 16.8 Å². The minimum Gasteiger partial charge on any atom is -0.381 e. The van der Waals surface area contributed by atoms with E-state index >= 15 is 0 Å². The third kappa shape index (κ3) is 5.78. The fourth-order valence-corrected chi connectivity index (χ4v) is 3.70. The molecule has 0 saturated carbocycles. The van der Waals surface area contributed by atoms with Gasteiger partial charge in [-0.05, 0) is 47.0 Å². The molecule has 0 unspecified atom stereocenters. The number of anilines is 1. The van der Waals surface area contributed by atoms with Crippen LogP contribution in [0.15, 0.2) is 79.3 Å². The minimum absolute atomic E-state index is 0.331. The van der Waals surface area contributed by atoms with Gasteiger partial charge in [0.15, 0.2) is 0 Å². The van der Waals surface area contributed by atoms with Crippen LogP contribution in [-0.2, 0) is 24.5 Å². The smallest absolute Gasteiger partial charge is 0.115 e. The van der Waals surface area contributed by atoms with Crippen molar-refractivity contribution in [1.29, 1.82) is 0 Å². The molecule has 4 aromatic rings. The van der Waals surface area contributed by atoms with Crippen LogP contribution in [0.5, 0.6) is 0 Å². The summed E-state index contributed by atoms with van der Waals surface area (Å²) >= 11 is 18.3. The van der Waals surface area contributed by atoms with E-state index in [2.05, 4.69) is 15.3 Å². The molecule has 7 heteroatoms. The van der Waals surface area contributed by atoms with Gasteiger partial charge in [0.1, 0.15) is 6.33 Å².